The molecule has 1 aromatic carbocycles. The van der Waals surface area contributed by atoms with E-state index in [4.69, 9.17) is 9.47 Å². The summed E-state index contributed by atoms with van der Waals surface area (Å²) in [5.74, 6) is 2.01. The van der Waals surface area contributed by atoms with Gasteiger partial charge in [0, 0.05) is 30.9 Å². The molecule has 2 aliphatic rings. The molecule has 1 saturated heterocycles. The van der Waals surface area contributed by atoms with Gasteiger partial charge in [-0.2, -0.15) is 0 Å². The molecule has 1 amide bonds. The Hall–Kier alpha value is -1.55. The number of amides is 1. The average molecular weight is 303 g/mol. The van der Waals surface area contributed by atoms with E-state index in [1.807, 2.05) is 24.3 Å². The van der Waals surface area contributed by atoms with Gasteiger partial charge < -0.3 is 14.8 Å². The highest BCUT2D eigenvalue weighted by atomic mass is 16.5. The first-order valence-electron chi connectivity index (χ1n) is 8.27. The highest BCUT2D eigenvalue weighted by molar-refractivity contribution is 5.77. The van der Waals surface area contributed by atoms with E-state index in [1.165, 1.54) is 0 Å². The van der Waals surface area contributed by atoms with Crippen LogP contribution in [0, 0.1) is 11.8 Å². The van der Waals surface area contributed by atoms with Gasteiger partial charge in [0.05, 0.1) is 13.2 Å². The summed E-state index contributed by atoms with van der Waals surface area (Å²) >= 11 is 0. The summed E-state index contributed by atoms with van der Waals surface area (Å²) in [6.45, 7) is 3.02. The standard InChI is InChI=1S/C18H25NO3/c1-3-13-17(14-10-11-22-18(13)14)19-16(20)9-8-12-6-4-5-7-15(12)21-2/h4-7,13-14,17-18H,3,8-11H2,1-2H3,(H,19,20)/t13-,14+,17+,18-/m0/s1. The average Bonchev–Trinajstić information content (AvgIpc) is 2.95. The Morgan fingerprint density at radius 1 is 1.41 bits per heavy atom. The fraction of sp³-hybridized carbons (Fsp3) is 0.611. The maximum absolute atomic E-state index is 12.3. The van der Waals surface area contributed by atoms with Crippen LogP contribution in [0.25, 0.3) is 0 Å². The SMILES string of the molecule is CC[C@H]1[C@@H](NC(=O)CCc2ccccc2OC)[C@H]2CCO[C@H]21. The molecule has 1 N–H and O–H groups in total. The van der Waals surface area contributed by atoms with Crippen LogP contribution >= 0.6 is 0 Å². The lowest BCUT2D eigenvalue weighted by Gasteiger charge is -2.47. The number of hydrogen-bond acceptors (Lipinski definition) is 3. The number of para-hydroxylation sites is 1. The molecule has 0 aromatic heterocycles. The summed E-state index contributed by atoms with van der Waals surface area (Å²) in [6.07, 6.45) is 3.75. The molecule has 4 nitrogen and oxygen atoms in total. The summed E-state index contributed by atoms with van der Waals surface area (Å²) in [6, 6.07) is 8.19. The largest absolute Gasteiger partial charge is 0.496 e. The molecular weight excluding hydrogens is 278 g/mol. The van der Waals surface area contributed by atoms with E-state index in [0.717, 1.165) is 30.8 Å². The van der Waals surface area contributed by atoms with Crippen LogP contribution in [0.1, 0.15) is 31.7 Å². The van der Waals surface area contributed by atoms with E-state index in [0.29, 0.717) is 36.8 Å². The number of ether oxygens (including phenoxy) is 2. The Labute approximate surface area is 132 Å². The van der Waals surface area contributed by atoms with E-state index in [-0.39, 0.29) is 5.91 Å². The summed E-state index contributed by atoms with van der Waals surface area (Å²) in [4.78, 5) is 12.3. The summed E-state index contributed by atoms with van der Waals surface area (Å²) in [5.41, 5.74) is 1.09. The third-order valence-electron chi connectivity index (χ3n) is 5.14. The van der Waals surface area contributed by atoms with Crippen molar-refractivity contribution in [3.05, 3.63) is 29.8 Å². The second-order valence-corrected chi connectivity index (χ2v) is 6.27. The summed E-state index contributed by atoms with van der Waals surface area (Å²) in [7, 11) is 1.67. The van der Waals surface area contributed by atoms with Gasteiger partial charge >= 0.3 is 0 Å². The zero-order valence-corrected chi connectivity index (χ0v) is 13.4. The molecule has 0 radical (unpaired) electrons. The third kappa shape index (κ3) is 2.84. The van der Waals surface area contributed by atoms with Crippen molar-refractivity contribution < 1.29 is 14.3 Å². The van der Waals surface area contributed by atoms with Crippen molar-refractivity contribution in [3.63, 3.8) is 0 Å². The topological polar surface area (TPSA) is 47.6 Å². The molecule has 22 heavy (non-hydrogen) atoms. The second kappa shape index (κ2) is 6.69. The maximum atomic E-state index is 12.3. The monoisotopic (exact) mass is 303 g/mol. The molecule has 4 heteroatoms. The van der Waals surface area contributed by atoms with Gasteiger partial charge in [-0.25, -0.2) is 0 Å². The molecule has 0 spiro atoms. The lowest BCUT2D eigenvalue weighted by Crippen LogP contribution is -2.61. The Bertz CT molecular complexity index is 531. The van der Waals surface area contributed by atoms with Crippen LogP contribution in [0.15, 0.2) is 24.3 Å². The minimum atomic E-state index is 0.139. The molecule has 1 heterocycles. The van der Waals surface area contributed by atoms with Crippen LogP contribution in [0.3, 0.4) is 0 Å². The van der Waals surface area contributed by atoms with Gasteiger partial charge in [0.2, 0.25) is 5.91 Å². The number of hydrogen-bond donors (Lipinski definition) is 1. The zero-order chi connectivity index (χ0) is 15.5. The molecule has 4 atom stereocenters. The van der Waals surface area contributed by atoms with Crippen LogP contribution in [0.2, 0.25) is 0 Å². The van der Waals surface area contributed by atoms with Crippen LogP contribution in [0.4, 0.5) is 0 Å². The van der Waals surface area contributed by atoms with Crippen molar-refractivity contribution in [3.8, 4) is 5.75 Å². The highest BCUT2D eigenvalue weighted by Crippen LogP contribution is 2.45. The zero-order valence-electron chi connectivity index (χ0n) is 13.4. The molecule has 1 saturated carbocycles. The number of carbonyl (C=O) groups is 1. The van der Waals surface area contributed by atoms with Gasteiger partial charge in [0.1, 0.15) is 5.75 Å². The number of nitrogens with one attached hydrogen (secondary N) is 1. The van der Waals surface area contributed by atoms with Crippen LogP contribution in [-0.4, -0.2) is 31.8 Å². The van der Waals surface area contributed by atoms with Gasteiger partial charge in [0.15, 0.2) is 0 Å². The van der Waals surface area contributed by atoms with E-state index in [1.54, 1.807) is 7.11 Å². The lowest BCUT2D eigenvalue weighted by molar-refractivity contribution is -0.127. The molecule has 1 aliphatic heterocycles. The predicted octanol–water partition coefficient (Wildman–Crippen LogP) is 2.56. The van der Waals surface area contributed by atoms with Gasteiger partial charge in [-0.1, -0.05) is 25.1 Å². The van der Waals surface area contributed by atoms with E-state index < -0.39 is 0 Å². The first-order valence-corrected chi connectivity index (χ1v) is 8.27. The van der Waals surface area contributed by atoms with Gasteiger partial charge in [0.25, 0.3) is 0 Å². The minimum Gasteiger partial charge on any atom is -0.496 e. The number of methoxy groups -OCH3 is 1. The van der Waals surface area contributed by atoms with Crippen LogP contribution in [0.5, 0.6) is 5.75 Å². The van der Waals surface area contributed by atoms with E-state index in [2.05, 4.69) is 12.2 Å². The van der Waals surface area contributed by atoms with Crippen molar-refractivity contribution in [1.82, 2.24) is 5.32 Å². The van der Waals surface area contributed by atoms with Crippen molar-refractivity contribution in [2.75, 3.05) is 13.7 Å². The second-order valence-electron chi connectivity index (χ2n) is 6.27. The molecule has 1 aromatic rings. The number of fused-ring (bicyclic) bond motifs is 1. The quantitative estimate of drug-likeness (QED) is 0.878. The first kappa shape index (κ1) is 15.3. The normalized spacial score (nSPS) is 29.5. The van der Waals surface area contributed by atoms with Crippen molar-refractivity contribution in [1.29, 1.82) is 0 Å². The summed E-state index contributed by atoms with van der Waals surface area (Å²) < 4.78 is 11.1. The third-order valence-corrected chi connectivity index (χ3v) is 5.14. The fourth-order valence-electron chi connectivity index (χ4n) is 3.95. The number of carbonyl (C=O) groups excluding carboxylic acids is 1. The number of benzene rings is 1. The summed E-state index contributed by atoms with van der Waals surface area (Å²) in [5, 5.41) is 3.24. The molecule has 0 unspecified atom stereocenters. The molecule has 3 rings (SSSR count). The van der Waals surface area contributed by atoms with Crippen LogP contribution < -0.4 is 10.1 Å². The van der Waals surface area contributed by atoms with Crippen molar-refractivity contribution >= 4 is 5.91 Å². The van der Waals surface area contributed by atoms with Crippen LogP contribution in [-0.2, 0) is 16.0 Å². The lowest BCUT2D eigenvalue weighted by atomic mass is 9.65. The fourth-order valence-corrected chi connectivity index (χ4v) is 3.95. The van der Waals surface area contributed by atoms with Crippen molar-refractivity contribution in [2.24, 2.45) is 11.8 Å². The Morgan fingerprint density at radius 3 is 3.00 bits per heavy atom. The van der Waals surface area contributed by atoms with Gasteiger partial charge in [-0.15, -0.1) is 0 Å². The molecule has 0 bridgehead atoms. The minimum absolute atomic E-state index is 0.139. The molecule has 1 aliphatic carbocycles. The van der Waals surface area contributed by atoms with E-state index in [9.17, 15) is 4.79 Å². The molecule has 2 fully saturated rings. The Morgan fingerprint density at radius 2 is 2.23 bits per heavy atom. The Kier molecular flexibility index (Phi) is 4.67. The van der Waals surface area contributed by atoms with Gasteiger partial charge in [-0.05, 0) is 30.9 Å². The highest BCUT2D eigenvalue weighted by Gasteiger charge is 2.53. The Balaban J connectivity index is 1.52. The van der Waals surface area contributed by atoms with E-state index >= 15 is 0 Å². The predicted molar refractivity (Wildman–Crippen MR) is 84.9 cm³/mol. The molecular formula is C18H25NO3. The number of aryl methyl sites for hydroxylation is 1. The van der Waals surface area contributed by atoms with Crippen molar-refractivity contribution in [2.45, 2.75) is 44.8 Å². The van der Waals surface area contributed by atoms with Gasteiger partial charge in [-0.3, -0.25) is 4.79 Å². The smallest absolute Gasteiger partial charge is 0.220 e. The number of rotatable bonds is 6. The first-order chi connectivity index (χ1) is 10.7. The maximum Gasteiger partial charge on any atom is 0.220 e. The molecule has 120 valence electrons.